The summed E-state index contributed by atoms with van der Waals surface area (Å²) in [5.74, 6) is -0.484. The van der Waals surface area contributed by atoms with Crippen molar-refractivity contribution in [3.05, 3.63) is 11.9 Å². The van der Waals surface area contributed by atoms with Crippen LogP contribution in [-0.4, -0.2) is 5.91 Å². The molecule has 5 nitrogen and oxygen atoms in total. The number of carbonyl (C=O) groups is 1. The number of nitrogens with two attached hydrogens (primary N) is 1. The van der Waals surface area contributed by atoms with Gasteiger partial charge in [-0.05, 0) is 0 Å². The molecule has 1 aliphatic heterocycles. The molecule has 0 bridgehead atoms. The predicted molar refractivity (Wildman–Crippen MR) is 26.7 cm³/mol. The van der Waals surface area contributed by atoms with Crippen LogP contribution in [0, 0.1) is 0 Å². The number of hydrogen-bond donors (Lipinski definition) is 4. The van der Waals surface area contributed by atoms with Gasteiger partial charge in [-0.2, -0.15) is 5.53 Å². The molecule has 1 aliphatic rings. The zero-order chi connectivity index (χ0) is 5.98. The maximum Gasteiger partial charge on any atom is 0.267 e. The standard InChI is InChI=1S/C3H6N4O/c4-3(8)2-1-5-7-6-2/h1,5-7H,(H2,4,8). The van der Waals surface area contributed by atoms with Gasteiger partial charge in [0.1, 0.15) is 5.70 Å². The number of rotatable bonds is 1. The van der Waals surface area contributed by atoms with E-state index in [2.05, 4.69) is 16.4 Å². The smallest absolute Gasteiger partial charge is 0.267 e. The maximum atomic E-state index is 10.2. The van der Waals surface area contributed by atoms with Gasteiger partial charge in [-0.1, -0.05) is 0 Å². The zero-order valence-electron chi connectivity index (χ0n) is 4.06. The summed E-state index contributed by atoms with van der Waals surface area (Å²) in [6.45, 7) is 0. The van der Waals surface area contributed by atoms with Crippen LogP contribution in [0.1, 0.15) is 0 Å². The van der Waals surface area contributed by atoms with Gasteiger partial charge in [-0.3, -0.25) is 10.2 Å². The minimum absolute atomic E-state index is 0.338. The van der Waals surface area contributed by atoms with Crippen LogP contribution in [0.15, 0.2) is 11.9 Å². The molecule has 1 amide bonds. The molecule has 0 saturated heterocycles. The van der Waals surface area contributed by atoms with E-state index in [0.717, 1.165) is 0 Å². The molecule has 8 heavy (non-hydrogen) atoms. The molecule has 0 radical (unpaired) electrons. The molecule has 5 heteroatoms. The Bertz CT molecular complexity index is 140. The monoisotopic (exact) mass is 114 g/mol. The summed E-state index contributed by atoms with van der Waals surface area (Å²) >= 11 is 0. The summed E-state index contributed by atoms with van der Waals surface area (Å²) in [5, 5.41) is 0. The fourth-order valence-corrected chi connectivity index (χ4v) is 0.380. The van der Waals surface area contributed by atoms with E-state index in [4.69, 9.17) is 5.73 Å². The molecule has 1 heterocycles. The first-order chi connectivity index (χ1) is 3.80. The normalized spacial score (nSPS) is 16.2. The van der Waals surface area contributed by atoms with Gasteiger partial charge >= 0.3 is 0 Å². The highest BCUT2D eigenvalue weighted by molar-refractivity contribution is 5.91. The summed E-state index contributed by atoms with van der Waals surface area (Å²) < 4.78 is 0. The Hall–Kier alpha value is -1.23. The van der Waals surface area contributed by atoms with Gasteiger partial charge in [0, 0.05) is 6.20 Å². The highest BCUT2D eigenvalue weighted by Crippen LogP contribution is 1.83. The highest BCUT2D eigenvalue weighted by Gasteiger charge is 2.05. The summed E-state index contributed by atoms with van der Waals surface area (Å²) in [6, 6.07) is 0. The van der Waals surface area contributed by atoms with Crippen LogP contribution in [0.4, 0.5) is 0 Å². The number of amides is 1. The van der Waals surface area contributed by atoms with Crippen molar-refractivity contribution >= 4 is 5.91 Å². The van der Waals surface area contributed by atoms with Crippen LogP contribution in [0.5, 0.6) is 0 Å². The third-order valence-electron chi connectivity index (χ3n) is 0.751. The molecule has 0 atom stereocenters. The van der Waals surface area contributed by atoms with E-state index in [1.54, 1.807) is 0 Å². The third-order valence-corrected chi connectivity index (χ3v) is 0.751. The SMILES string of the molecule is NC(=O)C1=CNNN1. The molecule has 0 fully saturated rings. The van der Waals surface area contributed by atoms with Crippen LogP contribution in [-0.2, 0) is 4.79 Å². The lowest BCUT2D eigenvalue weighted by molar-refractivity contribution is -0.114. The Labute approximate surface area is 45.9 Å². The van der Waals surface area contributed by atoms with Crippen LogP contribution < -0.4 is 22.1 Å². The number of carbonyl (C=O) groups excluding carboxylic acids is 1. The van der Waals surface area contributed by atoms with Crippen LogP contribution in [0.3, 0.4) is 0 Å². The second kappa shape index (κ2) is 1.71. The van der Waals surface area contributed by atoms with E-state index < -0.39 is 5.91 Å². The van der Waals surface area contributed by atoms with E-state index in [1.165, 1.54) is 6.20 Å². The first-order valence-corrected chi connectivity index (χ1v) is 2.07. The Balaban J connectivity index is 2.57. The van der Waals surface area contributed by atoms with Gasteiger partial charge < -0.3 is 11.2 Å². The molecule has 1 rings (SSSR count). The van der Waals surface area contributed by atoms with Crippen molar-refractivity contribution in [1.82, 2.24) is 16.4 Å². The van der Waals surface area contributed by atoms with Crippen molar-refractivity contribution in [2.75, 3.05) is 0 Å². The van der Waals surface area contributed by atoms with Crippen molar-refractivity contribution in [2.45, 2.75) is 0 Å². The quantitative estimate of drug-likeness (QED) is 0.315. The lowest BCUT2D eigenvalue weighted by atomic mass is 10.5. The molecular formula is C3H6N4O. The minimum Gasteiger partial charge on any atom is -0.364 e. The summed E-state index contributed by atoms with van der Waals surface area (Å²) in [4.78, 5) is 10.2. The Kier molecular flexibility index (Phi) is 1.05. The number of primary amides is 1. The van der Waals surface area contributed by atoms with E-state index in [0.29, 0.717) is 5.70 Å². The predicted octanol–water partition coefficient (Wildman–Crippen LogP) is -2.07. The molecule has 0 aromatic carbocycles. The largest absolute Gasteiger partial charge is 0.364 e. The zero-order valence-corrected chi connectivity index (χ0v) is 4.06. The van der Waals surface area contributed by atoms with Gasteiger partial charge in [0.2, 0.25) is 0 Å². The number of nitrogens with one attached hydrogen (secondary N) is 3. The Morgan fingerprint density at radius 1 is 1.75 bits per heavy atom. The van der Waals surface area contributed by atoms with Crippen molar-refractivity contribution in [3.63, 3.8) is 0 Å². The van der Waals surface area contributed by atoms with Crippen molar-refractivity contribution in [3.8, 4) is 0 Å². The average molecular weight is 114 g/mol. The molecule has 0 saturated carbocycles. The van der Waals surface area contributed by atoms with Crippen molar-refractivity contribution in [2.24, 2.45) is 5.73 Å². The van der Waals surface area contributed by atoms with E-state index in [-0.39, 0.29) is 0 Å². The molecule has 5 N–H and O–H groups in total. The second-order valence-electron chi connectivity index (χ2n) is 1.32. The fraction of sp³-hybridized carbons (Fsp3) is 0. The lowest BCUT2D eigenvalue weighted by Crippen LogP contribution is -2.34. The maximum absolute atomic E-state index is 10.2. The van der Waals surface area contributed by atoms with E-state index >= 15 is 0 Å². The molecule has 0 unspecified atom stereocenters. The molecule has 44 valence electrons. The topological polar surface area (TPSA) is 79.2 Å². The fourth-order valence-electron chi connectivity index (χ4n) is 0.380. The van der Waals surface area contributed by atoms with E-state index in [1.807, 2.05) is 0 Å². The third kappa shape index (κ3) is 0.710. The minimum atomic E-state index is -0.484. The van der Waals surface area contributed by atoms with Crippen LogP contribution >= 0.6 is 0 Å². The van der Waals surface area contributed by atoms with Crippen LogP contribution in [0.25, 0.3) is 0 Å². The number of hydrazine groups is 2. The lowest BCUT2D eigenvalue weighted by Gasteiger charge is -1.93. The Morgan fingerprint density at radius 3 is 2.75 bits per heavy atom. The highest BCUT2D eigenvalue weighted by atomic mass is 16.1. The molecule has 0 aliphatic carbocycles. The molecule has 0 aromatic heterocycles. The first-order valence-electron chi connectivity index (χ1n) is 2.07. The molecular weight excluding hydrogens is 108 g/mol. The summed E-state index contributed by atoms with van der Waals surface area (Å²) in [5.41, 5.74) is 12.7. The van der Waals surface area contributed by atoms with Gasteiger partial charge in [0.05, 0.1) is 0 Å². The summed E-state index contributed by atoms with van der Waals surface area (Å²) in [7, 11) is 0. The van der Waals surface area contributed by atoms with Gasteiger partial charge in [0.25, 0.3) is 5.91 Å². The van der Waals surface area contributed by atoms with Gasteiger partial charge in [0.15, 0.2) is 0 Å². The summed E-state index contributed by atoms with van der Waals surface area (Å²) in [6.07, 6.45) is 1.45. The second-order valence-corrected chi connectivity index (χ2v) is 1.32. The van der Waals surface area contributed by atoms with Crippen molar-refractivity contribution < 1.29 is 4.79 Å². The van der Waals surface area contributed by atoms with Crippen LogP contribution in [0.2, 0.25) is 0 Å². The van der Waals surface area contributed by atoms with Gasteiger partial charge in [-0.15, -0.1) is 0 Å². The van der Waals surface area contributed by atoms with Gasteiger partial charge in [-0.25, -0.2) is 0 Å². The number of hydrogen-bond acceptors (Lipinski definition) is 4. The molecule has 0 spiro atoms. The molecule has 0 aromatic rings. The van der Waals surface area contributed by atoms with Crippen molar-refractivity contribution in [1.29, 1.82) is 0 Å². The first kappa shape index (κ1) is 4.92. The van der Waals surface area contributed by atoms with E-state index in [9.17, 15) is 4.79 Å². The average Bonchev–Trinajstić information content (AvgIpc) is 2.12. The Morgan fingerprint density at radius 2 is 2.50 bits per heavy atom.